The number of aryl methyl sites for hydroxylation is 1. The van der Waals surface area contributed by atoms with Gasteiger partial charge in [-0.2, -0.15) is 0 Å². The molecule has 1 fully saturated rings. The molecule has 1 saturated carbocycles. The van der Waals surface area contributed by atoms with Gasteiger partial charge in [-0.15, -0.1) is 0 Å². The monoisotopic (exact) mass is 480 g/mol. The molecule has 3 N–H and O–H groups in total. The van der Waals surface area contributed by atoms with E-state index in [2.05, 4.69) is 15.6 Å². The zero-order valence-corrected chi connectivity index (χ0v) is 19.7. The van der Waals surface area contributed by atoms with Crippen LogP contribution in [0, 0.1) is 5.92 Å². The average molecular weight is 481 g/mol. The fourth-order valence-corrected chi connectivity index (χ4v) is 4.63. The molecule has 1 aliphatic rings. The molecule has 1 aliphatic carbocycles. The van der Waals surface area contributed by atoms with Crippen LogP contribution < -0.4 is 15.4 Å². The van der Waals surface area contributed by atoms with Crippen molar-refractivity contribution in [2.75, 3.05) is 18.1 Å². The van der Waals surface area contributed by atoms with Gasteiger partial charge in [0, 0.05) is 24.0 Å². The van der Waals surface area contributed by atoms with Gasteiger partial charge in [0.2, 0.25) is 15.9 Å². The number of pyridine rings is 1. The fraction of sp³-hybridized carbons (Fsp3) is 0.500. The smallest absolute Gasteiger partial charge is 0.328 e. The summed E-state index contributed by atoms with van der Waals surface area (Å²) in [5.74, 6) is 0.421. The van der Waals surface area contributed by atoms with Crippen molar-refractivity contribution in [2.45, 2.75) is 51.4 Å². The van der Waals surface area contributed by atoms with Crippen molar-refractivity contribution in [3.8, 4) is 0 Å². The molecule has 0 unspecified atom stereocenters. The molecule has 0 aliphatic heterocycles. The maximum atomic E-state index is 12.6. The van der Waals surface area contributed by atoms with Gasteiger partial charge in [-0.25, -0.2) is 17.9 Å². The van der Waals surface area contributed by atoms with E-state index >= 15 is 0 Å². The Morgan fingerprint density at radius 1 is 1.12 bits per heavy atom. The van der Waals surface area contributed by atoms with Crippen molar-refractivity contribution >= 4 is 50.2 Å². The van der Waals surface area contributed by atoms with Crippen LogP contribution in [0.15, 0.2) is 24.3 Å². The zero-order valence-electron chi connectivity index (χ0n) is 18.1. The summed E-state index contributed by atoms with van der Waals surface area (Å²) in [5.41, 5.74) is 2.13. The Morgan fingerprint density at radius 3 is 2.59 bits per heavy atom. The number of hydrogen-bond donors (Lipinski definition) is 3. The van der Waals surface area contributed by atoms with E-state index in [0.717, 1.165) is 35.7 Å². The molecule has 1 heterocycles. The highest BCUT2D eigenvalue weighted by Crippen LogP contribution is 2.32. The molecular weight excluding hydrogens is 452 g/mol. The summed E-state index contributed by atoms with van der Waals surface area (Å²) in [6.45, 7) is 0.310. The largest absolute Gasteiger partial charge is 0.337 e. The predicted octanol–water partition coefficient (Wildman–Crippen LogP) is 3.99. The van der Waals surface area contributed by atoms with E-state index in [1.807, 2.05) is 22.9 Å². The molecule has 1 aromatic heterocycles. The lowest BCUT2D eigenvalue weighted by Crippen LogP contribution is -2.39. The standard InChI is InChI=1S/C22H29ClN4O4S/c1-32(30,31)27-22(29)24-13-5-8-16-9-10-17-19(25-16)12-11-18(23)21(17)26-20(28)14-15-6-3-2-4-7-15/h9-12,15H,2-8,13-14H2,1H3,(H,26,28)(H2,24,27,29). The Morgan fingerprint density at radius 2 is 1.88 bits per heavy atom. The van der Waals surface area contributed by atoms with Gasteiger partial charge >= 0.3 is 6.03 Å². The minimum atomic E-state index is -3.58. The van der Waals surface area contributed by atoms with E-state index < -0.39 is 16.1 Å². The number of amides is 3. The van der Waals surface area contributed by atoms with Gasteiger partial charge in [0.15, 0.2) is 0 Å². The number of halogens is 1. The van der Waals surface area contributed by atoms with E-state index in [-0.39, 0.29) is 5.91 Å². The Bertz CT molecular complexity index is 1080. The van der Waals surface area contributed by atoms with Crippen LogP contribution in [0.5, 0.6) is 0 Å². The topological polar surface area (TPSA) is 117 Å². The summed E-state index contributed by atoms with van der Waals surface area (Å²) in [6, 6.07) is 6.56. The molecule has 0 saturated heterocycles. The summed E-state index contributed by atoms with van der Waals surface area (Å²) >= 11 is 6.38. The Kier molecular flexibility index (Phi) is 8.31. The second-order valence-corrected chi connectivity index (χ2v) is 10.4. The van der Waals surface area contributed by atoms with Gasteiger partial charge in [0.25, 0.3) is 0 Å². The molecule has 0 bridgehead atoms. The minimum absolute atomic E-state index is 0.0196. The van der Waals surface area contributed by atoms with Crippen molar-refractivity contribution in [3.63, 3.8) is 0 Å². The number of hydrogen-bond acceptors (Lipinski definition) is 5. The minimum Gasteiger partial charge on any atom is -0.337 e. The van der Waals surface area contributed by atoms with Crippen molar-refractivity contribution in [1.29, 1.82) is 0 Å². The lowest BCUT2D eigenvalue weighted by molar-refractivity contribution is -0.117. The molecule has 3 rings (SSSR count). The predicted molar refractivity (Wildman–Crippen MR) is 126 cm³/mol. The number of rotatable bonds is 8. The summed E-state index contributed by atoms with van der Waals surface area (Å²) in [4.78, 5) is 28.7. The van der Waals surface area contributed by atoms with Gasteiger partial charge in [-0.3, -0.25) is 9.78 Å². The molecule has 0 radical (unpaired) electrons. The molecule has 0 spiro atoms. The lowest BCUT2D eigenvalue weighted by atomic mass is 9.87. The number of sulfonamides is 1. The lowest BCUT2D eigenvalue weighted by Gasteiger charge is -2.21. The van der Waals surface area contributed by atoms with Gasteiger partial charge in [0.05, 0.1) is 22.5 Å². The normalized spacial score (nSPS) is 14.8. The van der Waals surface area contributed by atoms with Crippen LogP contribution in [0.2, 0.25) is 5.02 Å². The first-order chi connectivity index (χ1) is 15.2. The van der Waals surface area contributed by atoms with E-state index in [1.165, 1.54) is 19.3 Å². The third-order valence-corrected chi connectivity index (χ3v) is 6.39. The molecule has 2 aromatic rings. The number of fused-ring (bicyclic) bond motifs is 1. The third kappa shape index (κ3) is 7.34. The quantitative estimate of drug-likeness (QED) is 0.494. The van der Waals surface area contributed by atoms with E-state index in [1.54, 1.807) is 6.07 Å². The first kappa shape index (κ1) is 24.3. The Hall–Kier alpha value is -2.39. The summed E-state index contributed by atoms with van der Waals surface area (Å²) in [6.07, 6.45) is 8.47. The van der Waals surface area contributed by atoms with Gasteiger partial charge < -0.3 is 10.6 Å². The van der Waals surface area contributed by atoms with Crippen molar-refractivity contribution < 1.29 is 18.0 Å². The second kappa shape index (κ2) is 11.0. The number of urea groups is 1. The van der Waals surface area contributed by atoms with Crippen LogP contribution in [-0.4, -0.2) is 38.1 Å². The van der Waals surface area contributed by atoms with Crippen LogP contribution in [0.1, 0.15) is 50.6 Å². The van der Waals surface area contributed by atoms with Crippen LogP contribution >= 0.6 is 11.6 Å². The maximum absolute atomic E-state index is 12.6. The Balaban J connectivity index is 1.59. The van der Waals surface area contributed by atoms with Crippen LogP contribution in [0.3, 0.4) is 0 Å². The Labute approximate surface area is 193 Å². The highest BCUT2D eigenvalue weighted by Gasteiger charge is 2.18. The summed E-state index contributed by atoms with van der Waals surface area (Å²) in [5, 5.41) is 6.74. The number of anilines is 1. The number of carbonyl (C=O) groups is 2. The zero-order chi connectivity index (χ0) is 23.1. The first-order valence-electron chi connectivity index (χ1n) is 10.8. The average Bonchev–Trinajstić information content (AvgIpc) is 2.73. The summed E-state index contributed by atoms with van der Waals surface area (Å²) < 4.78 is 23.9. The number of nitrogens with zero attached hydrogens (tertiary/aromatic N) is 1. The van der Waals surface area contributed by atoms with Crippen molar-refractivity contribution in [3.05, 3.63) is 35.0 Å². The maximum Gasteiger partial charge on any atom is 0.328 e. The molecule has 8 nitrogen and oxygen atoms in total. The van der Waals surface area contributed by atoms with Crippen LogP contribution in [0.4, 0.5) is 10.5 Å². The molecule has 3 amide bonds. The van der Waals surface area contributed by atoms with Gasteiger partial charge in [-0.1, -0.05) is 30.9 Å². The van der Waals surface area contributed by atoms with Crippen LogP contribution in [-0.2, 0) is 21.2 Å². The highest BCUT2D eigenvalue weighted by atomic mass is 35.5. The number of nitrogens with one attached hydrogen (secondary N) is 3. The molecule has 10 heteroatoms. The van der Waals surface area contributed by atoms with Crippen LogP contribution in [0.25, 0.3) is 10.9 Å². The molecule has 32 heavy (non-hydrogen) atoms. The van der Waals surface area contributed by atoms with E-state index in [4.69, 9.17) is 11.6 Å². The highest BCUT2D eigenvalue weighted by molar-refractivity contribution is 7.89. The van der Waals surface area contributed by atoms with E-state index in [9.17, 15) is 18.0 Å². The fourth-order valence-electron chi connectivity index (χ4n) is 4.01. The SMILES string of the molecule is CS(=O)(=O)NC(=O)NCCCc1ccc2c(NC(=O)CC3CCCCC3)c(Cl)ccc2n1. The first-order valence-corrected chi connectivity index (χ1v) is 13.1. The number of benzene rings is 1. The van der Waals surface area contributed by atoms with Crippen molar-refractivity contribution in [2.24, 2.45) is 5.92 Å². The molecule has 174 valence electrons. The molecule has 0 atom stereocenters. The summed E-state index contributed by atoms with van der Waals surface area (Å²) in [7, 11) is -3.58. The van der Waals surface area contributed by atoms with Crippen molar-refractivity contribution in [1.82, 2.24) is 15.0 Å². The molecular formula is C22H29ClN4O4S. The third-order valence-electron chi connectivity index (χ3n) is 5.51. The second-order valence-electron chi connectivity index (χ2n) is 8.28. The number of aromatic nitrogens is 1. The van der Waals surface area contributed by atoms with Gasteiger partial charge in [0.1, 0.15) is 0 Å². The number of carbonyl (C=O) groups excluding carboxylic acids is 2. The molecule has 1 aromatic carbocycles. The van der Waals surface area contributed by atoms with E-state index in [0.29, 0.717) is 42.4 Å². The van der Waals surface area contributed by atoms with Gasteiger partial charge in [-0.05, 0) is 55.9 Å².